The third-order valence-corrected chi connectivity index (χ3v) is 13.4. The van der Waals surface area contributed by atoms with Crippen LogP contribution in [0.4, 0.5) is 0 Å². The molecule has 0 aromatic carbocycles. The summed E-state index contributed by atoms with van der Waals surface area (Å²) < 4.78 is 60.6. The summed E-state index contributed by atoms with van der Waals surface area (Å²) in [5, 5.41) is 11.7. The minimum atomic E-state index is -0.810. The summed E-state index contributed by atoms with van der Waals surface area (Å²) in [7, 11) is 8.12. The van der Waals surface area contributed by atoms with E-state index in [1.165, 1.54) is 0 Å². The maximum Gasteiger partial charge on any atom is 0.307 e. The lowest BCUT2D eigenvalue weighted by Crippen LogP contribution is -2.60. The molecule has 6 aliphatic rings. The van der Waals surface area contributed by atoms with Gasteiger partial charge in [-0.2, -0.15) is 0 Å². The Morgan fingerprint density at radius 3 is 2.14 bits per heavy atom. The van der Waals surface area contributed by atoms with Crippen molar-refractivity contribution in [1.29, 1.82) is 0 Å². The van der Waals surface area contributed by atoms with Crippen LogP contribution in [0.15, 0.2) is 36.0 Å². The quantitative estimate of drug-likeness (QED) is 0.228. The van der Waals surface area contributed by atoms with Crippen LogP contribution in [0.5, 0.6) is 0 Å². The number of aliphatic hydroxyl groups is 1. The van der Waals surface area contributed by atoms with E-state index in [9.17, 15) is 14.7 Å². The summed E-state index contributed by atoms with van der Waals surface area (Å²) in [6.45, 7) is 7.84. The van der Waals surface area contributed by atoms with Gasteiger partial charge in [-0.1, -0.05) is 38.2 Å². The number of aliphatic hydroxyl groups excluding tert-OH is 1. The number of hydrogen-bond acceptors (Lipinski definition) is 13. The number of methoxy groups -OCH3 is 5. The molecule has 0 aromatic heterocycles. The normalized spacial score (nSPS) is 46.0. The van der Waals surface area contributed by atoms with E-state index in [1.807, 2.05) is 32.9 Å². The number of ether oxygens (including phenoxy) is 10. The van der Waals surface area contributed by atoms with Crippen molar-refractivity contribution in [2.75, 3.05) is 35.5 Å². The lowest BCUT2D eigenvalue weighted by Gasteiger charge is -2.44. The molecule has 19 atom stereocenters. The van der Waals surface area contributed by atoms with Gasteiger partial charge < -0.3 is 52.5 Å². The highest BCUT2D eigenvalue weighted by Crippen LogP contribution is 2.54. The molecule has 13 heteroatoms. The zero-order chi connectivity index (χ0) is 40.3. The molecule has 56 heavy (non-hydrogen) atoms. The third kappa shape index (κ3) is 8.92. The molecule has 6 rings (SSSR count). The molecule has 3 aliphatic heterocycles. The van der Waals surface area contributed by atoms with Gasteiger partial charge in [-0.05, 0) is 75.4 Å². The minimum absolute atomic E-state index is 0.0316. The predicted molar refractivity (Wildman–Crippen MR) is 204 cm³/mol. The molecule has 19 unspecified atom stereocenters. The second-order valence-electron chi connectivity index (χ2n) is 16.5. The van der Waals surface area contributed by atoms with Crippen molar-refractivity contribution in [3.63, 3.8) is 0 Å². The highest BCUT2D eigenvalue weighted by molar-refractivity contribution is 5.99. The zero-order valence-electron chi connectivity index (χ0n) is 34.7. The summed E-state index contributed by atoms with van der Waals surface area (Å²) in [4.78, 5) is 28.5. The fourth-order valence-electron chi connectivity index (χ4n) is 10.4. The molecule has 316 valence electrons. The molecule has 0 spiro atoms. The smallest absolute Gasteiger partial charge is 0.307 e. The van der Waals surface area contributed by atoms with Crippen molar-refractivity contribution in [2.24, 2.45) is 35.5 Å². The van der Waals surface area contributed by atoms with Crippen LogP contribution in [-0.2, 0) is 57.0 Å². The summed E-state index contributed by atoms with van der Waals surface area (Å²) in [6, 6.07) is 0. The molecule has 3 saturated heterocycles. The van der Waals surface area contributed by atoms with Gasteiger partial charge in [-0.3, -0.25) is 9.59 Å². The molecule has 0 aromatic rings. The molecular weight excluding hydrogens is 724 g/mol. The van der Waals surface area contributed by atoms with E-state index in [0.29, 0.717) is 37.7 Å². The van der Waals surface area contributed by atoms with Gasteiger partial charge in [0.15, 0.2) is 18.4 Å². The van der Waals surface area contributed by atoms with Crippen molar-refractivity contribution in [3.05, 3.63) is 36.0 Å². The van der Waals surface area contributed by atoms with Gasteiger partial charge in [0, 0.05) is 59.7 Å². The van der Waals surface area contributed by atoms with Crippen LogP contribution in [0.1, 0.15) is 72.6 Å². The molecule has 3 aliphatic carbocycles. The Morgan fingerprint density at radius 1 is 0.768 bits per heavy atom. The second kappa shape index (κ2) is 19.4. The molecule has 0 radical (unpaired) electrons. The number of rotatable bonds is 11. The van der Waals surface area contributed by atoms with Crippen LogP contribution in [0, 0.1) is 35.5 Å². The van der Waals surface area contributed by atoms with E-state index in [-0.39, 0.29) is 84.4 Å². The maximum atomic E-state index is 14.8. The topological polar surface area (TPSA) is 147 Å². The van der Waals surface area contributed by atoms with Crippen molar-refractivity contribution >= 4 is 11.8 Å². The van der Waals surface area contributed by atoms with Crippen LogP contribution < -0.4 is 0 Å². The Hall–Kier alpha value is -2.04. The first-order valence-electron chi connectivity index (χ1n) is 20.7. The monoisotopic (exact) mass is 790 g/mol. The van der Waals surface area contributed by atoms with Crippen LogP contribution in [-0.4, -0.2) is 132 Å². The highest BCUT2D eigenvalue weighted by atomic mass is 16.7. The van der Waals surface area contributed by atoms with Crippen LogP contribution in [0.2, 0.25) is 0 Å². The number of Topliss-reactive ketones (excluding diaryl/α,β-unsaturated/α-hetero) is 1. The first-order chi connectivity index (χ1) is 27.0. The maximum absolute atomic E-state index is 14.8. The molecule has 4 fully saturated rings. The number of fused-ring (bicyclic) bond motifs is 5. The Labute approximate surface area is 332 Å². The van der Waals surface area contributed by atoms with E-state index in [1.54, 1.807) is 35.5 Å². The number of esters is 1. The van der Waals surface area contributed by atoms with Crippen molar-refractivity contribution in [3.8, 4) is 0 Å². The van der Waals surface area contributed by atoms with Crippen LogP contribution >= 0.6 is 0 Å². The van der Waals surface area contributed by atoms with E-state index in [2.05, 4.69) is 25.2 Å². The molecule has 0 amide bonds. The number of ketones is 1. The van der Waals surface area contributed by atoms with E-state index in [4.69, 9.17) is 47.4 Å². The van der Waals surface area contributed by atoms with Gasteiger partial charge >= 0.3 is 5.97 Å². The first-order valence-corrected chi connectivity index (χ1v) is 20.7. The predicted octanol–water partition coefficient (Wildman–Crippen LogP) is 4.72. The molecule has 1 N–H and O–H groups in total. The Kier molecular flexibility index (Phi) is 15.0. The molecule has 13 nitrogen and oxygen atoms in total. The molecule has 1 saturated carbocycles. The van der Waals surface area contributed by atoms with Crippen LogP contribution in [0.3, 0.4) is 0 Å². The number of cyclic esters (lactones) is 1. The average molecular weight is 791 g/mol. The number of carbonyl (C=O) groups is 2. The Morgan fingerprint density at radius 2 is 1.46 bits per heavy atom. The molecule has 0 bridgehead atoms. The van der Waals surface area contributed by atoms with E-state index >= 15 is 0 Å². The SMILES string of the molecule is CCC=CC1CCCC(OC2CC(OC)C(OC)C(C)O2)C(C)C(=O)C2=CC3C(C=CC4C(O)C(OC5OC(C)C(OC)C(OC)C5OC)CC43)C2CC(=O)O1. The largest absolute Gasteiger partial charge is 0.458 e. The van der Waals surface area contributed by atoms with Crippen molar-refractivity contribution in [1.82, 2.24) is 0 Å². The van der Waals surface area contributed by atoms with Gasteiger partial charge in [0.1, 0.15) is 30.5 Å². The zero-order valence-corrected chi connectivity index (χ0v) is 34.7. The van der Waals surface area contributed by atoms with Gasteiger partial charge in [0.25, 0.3) is 0 Å². The van der Waals surface area contributed by atoms with E-state index in [0.717, 1.165) is 6.42 Å². The molecular formula is C43H66O13. The average Bonchev–Trinajstić information content (AvgIpc) is 3.71. The van der Waals surface area contributed by atoms with Crippen molar-refractivity contribution < 1.29 is 62.1 Å². The summed E-state index contributed by atoms with van der Waals surface area (Å²) in [5.41, 5.74) is 0.632. The first kappa shape index (κ1) is 43.5. The lowest BCUT2D eigenvalue weighted by molar-refractivity contribution is -0.319. The van der Waals surface area contributed by atoms with E-state index < -0.39 is 49.0 Å². The Balaban J connectivity index is 1.25. The standard InChI is InChI=1S/C43H66O13/c1-10-11-13-25-14-12-15-32(55-36-21-34(47-5)39(48-6)23(3)52-36)22(2)37(45)31-18-28-26(30(31)20-35(44)54-25)16-17-27-29(28)19-33(38(27)46)56-43-42(51-9)41(50-8)40(49-7)24(4)53-43/h11,13,16-18,22-30,32-34,36,38-43,46H,10,12,14-15,19-21H2,1-9H3. The van der Waals surface area contributed by atoms with Crippen LogP contribution in [0.25, 0.3) is 0 Å². The Bertz CT molecular complexity index is 1420. The van der Waals surface area contributed by atoms with Gasteiger partial charge in [0.2, 0.25) is 0 Å². The lowest BCUT2D eigenvalue weighted by atomic mass is 9.70. The van der Waals surface area contributed by atoms with Gasteiger partial charge in [-0.25, -0.2) is 0 Å². The van der Waals surface area contributed by atoms with Crippen molar-refractivity contribution in [2.45, 2.75) is 152 Å². The fourth-order valence-corrected chi connectivity index (χ4v) is 10.4. The number of allylic oxidation sites excluding steroid dienone is 4. The minimum Gasteiger partial charge on any atom is -0.458 e. The fraction of sp³-hybridized carbons (Fsp3) is 0.814. The third-order valence-electron chi connectivity index (χ3n) is 13.4. The number of hydrogen-bond donors (Lipinski definition) is 1. The van der Waals surface area contributed by atoms with Gasteiger partial charge in [-0.15, -0.1) is 0 Å². The molecule has 3 heterocycles. The van der Waals surface area contributed by atoms with Gasteiger partial charge in [0.05, 0.1) is 43.0 Å². The highest BCUT2D eigenvalue weighted by Gasteiger charge is 2.55. The second-order valence-corrected chi connectivity index (χ2v) is 16.5. The summed E-state index contributed by atoms with van der Waals surface area (Å²) in [6.07, 6.45) is 8.08. The number of carbonyl (C=O) groups excluding carboxylic acids is 2. The summed E-state index contributed by atoms with van der Waals surface area (Å²) in [5.74, 6) is -1.69. The summed E-state index contributed by atoms with van der Waals surface area (Å²) >= 11 is 0.